The van der Waals surface area contributed by atoms with E-state index in [1.807, 2.05) is 6.92 Å². The van der Waals surface area contributed by atoms with Crippen LogP contribution in [0.5, 0.6) is 0 Å². The number of thiophene rings is 1. The zero-order valence-corrected chi connectivity index (χ0v) is 13.7. The van der Waals surface area contributed by atoms with Gasteiger partial charge in [-0.1, -0.05) is 31.3 Å². The van der Waals surface area contributed by atoms with Gasteiger partial charge in [-0.05, 0) is 18.4 Å². The van der Waals surface area contributed by atoms with Crippen LogP contribution in [0.25, 0.3) is 0 Å². The first-order valence-corrected chi connectivity index (χ1v) is 7.97. The highest BCUT2D eigenvalue weighted by molar-refractivity contribution is 7.17. The molecule has 0 aliphatic heterocycles. The minimum Gasteiger partial charge on any atom is -0.465 e. The van der Waals surface area contributed by atoms with E-state index in [9.17, 15) is 4.79 Å². The molecule has 1 N–H and O–H groups in total. The lowest BCUT2D eigenvalue weighted by atomic mass is 9.91. The van der Waals surface area contributed by atoms with Gasteiger partial charge in [-0.2, -0.15) is 0 Å². The molecule has 0 aliphatic carbocycles. The molecular weight excluding hydrogens is 292 g/mol. The predicted molar refractivity (Wildman–Crippen MR) is 84.0 cm³/mol. The molecule has 0 amide bonds. The number of hydrogen-bond acceptors (Lipinski definition) is 6. The fourth-order valence-electron chi connectivity index (χ4n) is 1.80. The van der Waals surface area contributed by atoms with Crippen molar-refractivity contribution in [2.75, 3.05) is 19.0 Å². The topological polar surface area (TPSA) is 51.2 Å². The minimum absolute atomic E-state index is 0.0270. The van der Waals surface area contributed by atoms with E-state index in [-0.39, 0.29) is 11.4 Å². The molecule has 0 spiro atoms. The Bertz CT molecular complexity index is 588. The molecular formula is C14H18N2O2S2. The highest BCUT2D eigenvalue weighted by atomic mass is 32.1. The number of aromatic nitrogens is 1. The number of thiazole rings is 1. The predicted octanol–water partition coefficient (Wildman–Crippen LogP) is 3.69. The van der Waals surface area contributed by atoms with Gasteiger partial charge in [0.25, 0.3) is 0 Å². The Hall–Kier alpha value is -1.40. The Kier molecular flexibility index (Phi) is 4.45. The van der Waals surface area contributed by atoms with E-state index in [2.05, 4.69) is 41.7 Å². The van der Waals surface area contributed by atoms with Crippen molar-refractivity contribution in [1.29, 1.82) is 0 Å². The van der Waals surface area contributed by atoms with Gasteiger partial charge in [0.15, 0.2) is 5.13 Å². The maximum Gasteiger partial charge on any atom is 0.350 e. The van der Waals surface area contributed by atoms with Crippen molar-refractivity contribution < 1.29 is 9.53 Å². The fraction of sp³-hybridized carbons (Fsp3) is 0.429. The zero-order chi connectivity index (χ0) is 14.8. The van der Waals surface area contributed by atoms with Crippen LogP contribution in [-0.2, 0) is 10.2 Å². The SMILES string of the molecule is COC(=O)c1sc(NCC(C)(C)c2cccs2)nc1C. The van der Waals surface area contributed by atoms with Crippen LogP contribution in [-0.4, -0.2) is 24.6 Å². The summed E-state index contributed by atoms with van der Waals surface area (Å²) in [5.74, 6) is -0.328. The van der Waals surface area contributed by atoms with Crippen LogP contribution in [0.4, 0.5) is 5.13 Å². The van der Waals surface area contributed by atoms with Crippen molar-refractivity contribution >= 4 is 33.8 Å². The van der Waals surface area contributed by atoms with Crippen LogP contribution in [0.2, 0.25) is 0 Å². The molecule has 108 valence electrons. The molecule has 0 atom stereocenters. The molecule has 4 nitrogen and oxygen atoms in total. The number of aryl methyl sites for hydroxylation is 1. The van der Waals surface area contributed by atoms with Crippen molar-refractivity contribution in [1.82, 2.24) is 4.98 Å². The van der Waals surface area contributed by atoms with Crippen LogP contribution in [0, 0.1) is 6.92 Å². The van der Waals surface area contributed by atoms with Crippen LogP contribution in [0.15, 0.2) is 17.5 Å². The number of carbonyl (C=O) groups excluding carboxylic acids is 1. The van der Waals surface area contributed by atoms with Gasteiger partial charge in [-0.15, -0.1) is 11.3 Å². The summed E-state index contributed by atoms with van der Waals surface area (Å²) in [7, 11) is 1.38. The normalized spacial score (nSPS) is 11.4. The highest BCUT2D eigenvalue weighted by Gasteiger charge is 2.23. The van der Waals surface area contributed by atoms with E-state index >= 15 is 0 Å². The van der Waals surface area contributed by atoms with Gasteiger partial charge in [0.05, 0.1) is 12.8 Å². The Labute approximate surface area is 126 Å². The number of nitrogens with zero attached hydrogens (tertiary/aromatic N) is 1. The van der Waals surface area contributed by atoms with E-state index < -0.39 is 0 Å². The smallest absolute Gasteiger partial charge is 0.350 e. The summed E-state index contributed by atoms with van der Waals surface area (Å²) < 4.78 is 4.74. The van der Waals surface area contributed by atoms with Gasteiger partial charge in [0, 0.05) is 16.8 Å². The third-order valence-electron chi connectivity index (χ3n) is 3.04. The number of esters is 1. The van der Waals surface area contributed by atoms with Gasteiger partial charge in [-0.3, -0.25) is 0 Å². The molecule has 6 heteroatoms. The largest absolute Gasteiger partial charge is 0.465 e. The summed E-state index contributed by atoms with van der Waals surface area (Å²) in [6.07, 6.45) is 0. The van der Waals surface area contributed by atoms with E-state index in [0.717, 1.165) is 11.7 Å². The third-order valence-corrected chi connectivity index (χ3v) is 5.37. The molecule has 2 rings (SSSR count). The molecule has 0 saturated heterocycles. The van der Waals surface area contributed by atoms with Gasteiger partial charge in [0.1, 0.15) is 4.88 Å². The lowest BCUT2D eigenvalue weighted by molar-refractivity contribution is 0.0605. The summed E-state index contributed by atoms with van der Waals surface area (Å²) in [6, 6.07) is 4.20. The number of carbonyl (C=O) groups is 1. The highest BCUT2D eigenvalue weighted by Crippen LogP contribution is 2.29. The lowest BCUT2D eigenvalue weighted by Crippen LogP contribution is -2.26. The van der Waals surface area contributed by atoms with Crippen LogP contribution < -0.4 is 5.32 Å². The monoisotopic (exact) mass is 310 g/mol. The summed E-state index contributed by atoms with van der Waals surface area (Å²) in [5.41, 5.74) is 0.734. The second kappa shape index (κ2) is 5.93. The Morgan fingerprint density at radius 3 is 2.85 bits per heavy atom. The molecule has 2 aromatic heterocycles. The van der Waals surface area contributed by atoms with E-state index in [0.29, 0.717) is 10.6 Å². The standard InChI is InChI=1S/C14H18N2O2S2/c1-9-11(12(17)18-4)20-13(16-9)15-8-14(2,3)10-6-5-7-19-10/h5-7H,8H2,1-4H3,(H,15,16). The molecule has 2 heterocycles. The van der Waals surface area contributed by atoms with Gasteiger partial charge in [0.2, 0.25) is 0 Å². The number of hydrogen-bond donors (Lipinski definition) is 1. The average Bonchev–Trinajstić information content (AvgIpc) is 3.05. The van der Waals surface area contributed by atoms with Gasteiger partial charge >= 0.3 is 5.97 Å². The molecule has 0 aliphatic rings. The number of ether oxygens (including phenoxy) is 1. The van der Waals surface area contributed by atoms with Crippen molar-refractivity contribution in [3.63, 3.8) is 0 Å². The van der Waals surface area contributed by atoms with Gasteiger partial charge in [-0.25, -0.2) is 9.78 Å². The molecule has 0 aromatic carbocycles. The Morgan fingerprint density at radius 2 is 2.25 bits per heavy atom. The summed E-state index contributed by atoms with van der Waals surface area (Å²) in [5, 5.41) is 6.16. The lowest BCUT2D eigenvalue weighted by Gasteiger charge is -2.23. The second-order valence-corrected chi connectivity index (χ2v) is 7.09. The average molecular weight is 310 g/mol. The molecule has 2 aromatic rings. The summed E-state index contributed by atoms with van der Waals surface area (Å²) in [4.78, 5) is 17.8. The zero-order valence-electron chi connectivity index (χ0n) is 12.0. The van der Waals surface area contributed by atoms with E-state index in [1.165, 1.54) is 23.3 Å². The van der Waals surface area contributed by atoms with Crippen LogP contribution in [0.3, 0.4) is 0 Å². The Balaban J connectivity index is 2.06. The number of anilines is 1. The molecule has 0 radical (unpaired) electrons. The molecule has 20 heavy (non-hydrogen) atoms. The second-order valence-electron chi connectivity index (χ2n) is 5.14. The maximum atomic E-state index is 11.6. The van der Waals surface area contributed by atoms with Gasteiger partial charge < -0.3 is 10.1 Å². The number of rotatable bonds is 5. The minimum atomic E-state index is -0.328. The summed E-state index contributed by atoms with van der Waals surface area (Å²) in [6.45, 7) is 6.96. The first-order valence-electron chi connectivity index (χ1n) is 6.27. The number of methoxy groups -OCH3 is 1. The fourth-order valence-corrected chi connectivity index (χ4v) is 3.53. The molecule has 0 saturated carbocycles. The van der Waals surface area contributed by atoms with Crippen molar-refractivity contribution in [3.05, 3.63) is 33.0 Å². The quantitative estimate of drug-likeness (QED) is 0.856. The molecule has 0 bridgehead atoms. The van der Waals surface area contributed by atoms with Crippen LogP contribution in [0.1, 0.15) is 34.1 Å². The van der Waals surface area contributed by atoms with Crippen molar-refractivity contribution in [2.45, 2.75) is 26.2 Å². The molecule has 0 fully saturated rings. The first-order chi connectivity index (χ1) is 9.44. The van der Waals surface area contributed by atoms with Crippen molar-refractivity contribution in [2.24, 2.45) is 0 Å². The van der Waals surface area contributed by atoms with E-state index in [1.54, 1.807) is 11.3 Å². The molecule has 0 unspecified atom stereocenters. The van der Waals surface area contributed by atoms with Crippen LogP contribution >= 0.6 is 22.7 Å². The number of nitrogens with one attached hydrogen (secondary N) is 1. The first kappa shape index (κ1) is 15.0. The van der Waals surface area contributed by atoms with Crippen molar-refractivity contribution in [3.8, 4) is 0 Å². The van der Waals surface area contributed by atoms with E-state index in [4.69, 9.17) is 4.74 Å². The Morgan fingerprint density at radius 1 is 1.50 bits per heavy atom. The third kappa shape index (κ3) is 3.19. The maximum absolute atomic E-state index is 11.6. The summed E-state index contributed by atoms with van der Waals surface area (Å²) >= 11 is 3.09.